The molecule has 4 nitrogen and oxygen atoms in total. The summed E-state index contributed by atoms with van der Waals surface area (Å²) in [5.74, 6) is 0. The number of pyridine rings is 2. The van der Waals surface area contributed by atoms with Gasteiger partial charge in [0.15, 0.2) is 0 Å². The van der Waals surface area contributed by atoms with Gasteiger partial charge in [-0.25, -0.2) is 9.97 Å². The smallest absolute Gasteiger partial charge is 0.0980 e. The average molecular weight is 357 g/mol. The molecule has 0 unspecified atom stereocenters. The monoisotopic (exact) mass is 357 g/mol. The molecule has 3 heterocycles. The fourth-order valence-corrected chi connectivity index (χ4v) is 3.75. The van der Waals surface area contributed by atoms with Crippen LogP contribution < -0.4 is 0 Å². The molecule has 28 heavy (non-hydrogen) atoms. The zero-order valence-electron chi connectivity index (χ0n) is 14.8. The SMILES string of the molecule is [c]1c(-c2ccnc3ccc4ccncc4c23)ccc2nc3ccccc3nc12. The van der Waals surface area contributed by atoms with Gasteiger partial charge < -0.3 is 0 Å². The molecule has 6 rings (SSSR count). The summed E-state index contributed by atoms with van der Waals surface area (Å²) in [7, 11) is 0. The van der Waals surface area contributed by atoms with Gasteiger partial charge in [-0.05, 0) is 52.9 Å². The Kier molecular flexibility index (Phi) is 3.14. The number of para-hydroxylation sites is 2. The van der Waals surface area contributed by atoms with Crippen molar-refractivity contribution in [1.82, 2.24) is 19.9 Å². The van der Waals surface area contributed by atoms with Crippen molar-refractivity contribution < 1.29 is 0 Å². The van der Waals surface area contributed by atoms with E-state index in [1.54, 1.807) is 0 Å². The van der Waals surface area contributed by atoms with E-state index in [0.29, 0.717) is 0 Å². The Labute approximate surface area is 160 Å². The lowest BCUT2D eigenvalue weighted by molar-refractivity contribution is 1.36. The van der Waals surface area contributed by atoms with Crippen LogP contribution in [-0.2, 0) is 0 Å². The zero-order chi connectivity index (χ0) is 18.5. The minimum atomic E-state index is 0.763. The van der Waals surface area contributed by atoms with E-state index < -0.39 is 0 Å². The summed E-state index contributed by atoms with van der Waals surface area (Å²) >= 11 is 0. The van der Waals surface area contributed by atoms with Crippen LogP contribution in [0.25, 0.3) is 54.9 Å². The second-order valence-corrected chi connectivity index (χ2v) is 6.73. The second-order valence-electron chi connectivity index (χ2n) is 6.73. The van der Waals surface area contributed by atoms with Crippen LogP contribution in [-0.4, -0.2) is 19.9 Å². The molecule has 0 N–H and O–H groups in total. The maximum absolute atomic E-state index is 4.76. The Bertz CT molecular complexity index is 1520. The van der Waals surface area contributed by atoms with Gasteiger partial charge in [0.05, 0.1) is 27.6 Å². The number of fused-ring (bicyclic) bond motifs is 5. The fraction of sp³-hybridized carbons (Fsp3) is 0. The van der Waals surface area contributed by atoms with Crippen LogP contribution in [0.3, 0.4) is 0 Å². The van der Waals surface area contributed by atoms with Crippen LogP contribution in [0, 0.1) is 6.07 Å². The lowest BCUT2D eigenvalue weighted by Gasteiger charge is -2.10. The van der Waals surface area contributed by atoms with Gasteiger partial charge in [-0.3, -0.25) is 9.97 Å². The summed E-state index contributed by atoms with van der Waals surface area (Å²) in [5, 5.41) is 3.31. The quantitative estimate of drug-likeness (QED) is 0.294. The molecule has 0 spiro atoms. The molecule has 4 heteroatoms. The van der Waals surface area contributed by atoms with Crippen LogP contribution in [0.1, 0.15) is 0 Å². The first-order chi connectivity index (χ1) is 13.9. The van der Waals surface area contributed by atoms with Crippen molar-refractivity contribution in [2.45, 2.75) is 0 Å². The maximum Gasteiger partial charge on any atom is 0.0980 e. The predicted octanol–water partition coefficient (Wildman–Crippen LogP) is 5.35. The highest BCUT2D eigenvalue weighted by Gasteiger charge is 2.11. The van der Waals surface area contributed by atoms with Crippen LogP contribution in [0.4, 0.5) is 0 Å². The Morgan fingerprint density at radius 3 is 2.46 bits per heavy atom. The molecular weight excluding hydrogens is 344 g/mol. The van der Waals surface area contributed by atoms with E-state index in [1.807, 2.05) is 61.1 Å². The molecule has 0 aliphatic heterocycles. The van der Waals surface area contributed by atoms with Crippen LogP contribution in [0.15, 0.2) is 79.3 Å². The van der Waals surface area contributed by atoms with E-state index in [1.165, 1.54) is 0 Å². The third-order valence-corrected chi connectivity index (χ3v) is 5.07. The summed E-state index contributed by atoms with van der Waals surface area (Å²) < 4.78 is 0. The third kappa shape index (κ3) is 2.25. The molecule has 129 valence electrons. The van der Waals surface area contributed by atoms with E-state index in [0.717, 1.165) is 54.9 Å². The molecule has 0 fully saturated rings. The highest BCUT2D eigenvalue weighted by atomic mass is 14.8. The number of rotatable bonds is 1. The van der Waals surface area contributed by atoms with Crippen molar-refractivity contribution in [3.05, 3.63) is 85.3 Å². The molecule has 3 aromatic carbocycles. The normalized spacial score (nSPS) is 11.6. The zero-order valence-corrected chi connectivity index (χ0v) is 14.8. The number of hydrogen-bond acceptors (Lipinski definition) is 4. The van der Waals surface area contributed by atoms with E-state index in [9.17, 15) is 0 Å². The first-order valence-electron chi connectivity index (χ1n) is 9.07. The molecule has 6 aromatic rings. The van der Waals surface area contributed by atoms with Gasteiger partial charge in [0.2, 0.25) is 0 Å². The van der Waals surface area contributed by atoms with Crippen LogP contribution in [0.2, 0.25) is 0 Å². The lowest BCUT2D eigenvalue weighted by atomic mass is 9.97. The largest absolute Gasteiger partial charge is 0.264 e. The van der Waals surface area contributed by atoms with Crippen molar-refractivity contribution in [3.8, 4) is 11.1 Å². The van der Waals surface area contributed by atoms with Crippen LogP contribution >= 0.6 is 0 Å². The third-order valence-electron chi connectivity index (χ3n) is 5.07. The summed E-state index contributed by atoms with van der Waals surface area (Å²) in [6, 6.07) is 23.6. The first kappa shape index (κ1) is 15.2. The first-order valence-corrected chi connectivity index (χ1v) is 9.07. The van der Waals surface area contributed by atoms with Crippen molar-refractivity contribution in [1.29, 1.82) is 0 Å². The van der Waals surface area contributed by atoms with Gasteiger partial charge >= 0.3 is 0 Å². The van der Waals surface area contributed by atoms with Crippen molar-refractivity contribution in [2.75, 3.05) is 0 Å². The van der Waals surface area contributed by atoms with Gasteiger partial charge in [-0.1, -0.05) is 24.3 Å². The molecule has 0 aliphatic rings. The predicted molar refractivity (Wildman–Crippen MR) is 112 cm³/mol. The van der Waals surface area contributed by atoms with Crippen LogP contribution in [0.5, 0.6) is 0 Å². The Balaban J connectivity index is 1.67. The maximum atomic E-state index is 4.76. The number of hydrogen-bond donors (Lipinski definition) is 0. The van der Waals surface area contributed by atoms with Crippen molar-refractivity contribution in [3.63, 3.8) is 0 Å². The Hall–Kier alpha value is -3.92. The number of nitrogens with zero attached hydrogens (tertiary/aromatic N) is 4. The second kappa shape index (κ2) is 5.79. The van der Waals surface area contributed by atoms with Gasteiger partial charge in [0, 0.05) is 35.4 Å². The summed E-state index contributed by atoms with van der Waals surface area (Å²) in [4.78, 5) is 18.3. The number of benzene rings is 3. The molecule has 0 aliphatic carbocycles. The van der Waals surface area contributed by atoms with Crippen molar-refractivity contribution >= 4 is 43.7 Å². The van der Waals surface area contributed by atoms with Gasteiger partial charge in [0.1, 0.15) is 0 Å². The van der Waals surface area contributed by atoms with Gasteiger partial charge in [-0.2, -0.15) is 0 Å². The minimum absolute atomic E-state index is 0.763. The summed E-state index contributed by atoms with van der Waals surface area (Å²) in [6.07, 6.45) is 5.55. The molecule has 1 radical (unpaired) electrons. The molecule has 0 bridgehead atoms. The van der Waals surface area contributed by atoms with E-state index in [4.69, 9.17) is 9.97 Å². The molecule has 0 saturated carbocycles. The lowest BCUT2D eigenvalue weighted by Crippen LogP contribution is -1.90. The fourth-order valence-electron chi connectivity index (χ4n) is 3.75. The molecule has 0 atom stereocenters. The van der Waals surface area contributed by atoms with Gasteiger partial charge in [-0.15, -0.1) is 0 Å². The Morgan fingerprint density at radius 1 is 0.679 bits per heavy atom. The van der Waals surface area contributed by atoms with E-state index in [2.05, 4.69) is 34.2 Å². The van der Waals surface area contributed by atoms with Crippen molar-refractivity contribution in [2.24, 2.45) is 0 Å². The molecule has 3 aromatic heterocycles. The van der Waals surface area contributed by atoms with Gasteiger partial charge in [0.25, 0.3) is 0 Å². The van der Waals surface area contributed by atoms with E-state index in [-0.39, 0.29) is 0 Å². The average Bonchev–Trinajstić information content (AvgIpc) is 2.76. The topological polar surface area (TPSA) is 51.6 Å². The summed E-state index contributed by atoms with van der Waals surface area (Å²) in [6.45, 7) is 0. The standard InChI is InChI=1S/C24H13N4/c1-2-4-20-19(3-1)27-21-7-6-16(13-23(21)28-20)17-10-12-26-22-8-5-15-9-11-25-14-18(15)24(17)22/h1-12,14H. The Morgan fingerprint density at radius 2 is 1.54 bits per heavy atom. The molecular formula is C24H13N4. The molecule has 0 amide bonds. The highest BCUT2D eigenvalue weighted by Crippen LogP contribution is 2.33. The van der Waals surface area contributed by atoms with E-state index >= 15 is 0 Å². The molecule has 0 saturated heterocycles. The highest BCUT2D eigenvalue weighted by molar-refractivity contribution is 6.13. The number of aromatic nitrogens is 4. The minimum Gasteiger partial charge on any atom is -0.264 e. The summed E-state index contributed by atoms with van der Waals surface area (Å²) in [5.41, 5.74) is 6.35.